The Labute approximate surface area is 214 Å². The summed E-state index contributed by atoms with van der Waals surface area (Å²) in [4.78, 5) is 27.8. The Morgan fingerprint density at radius 3 is 2.41 bits per heavy atom. The molecule has 7 heteroatoms. The Hall–Kier alpha value is -4.78. The predicted octanol–water partition coefficient (Wildman–Crippen LogP) is 5.49. The van der Waals surface area contributed by atoms with E-state index in [4.69, 9.17) is 13.9 Å². The van der Waals surface area contributed by atoms with Crippen LogP contribution in [-0.2, 0) is 22.7 Å². The van der Waals surface area contributed by atoms with Crippen molar-refractivity contribution in [1.82, 2.24) is 4.90 Å². The number of benzene rings is 3. The first-order valence-corrected chi connectivity index (χ1v) is 11.8. The van der Waals surface area contributed by atoms with Crippen molar-refractivity contribution >= 4 is 17.4 Å². The molecule has 0 bridgehead atoms. The van der Waals surface area contributed by atoms with Crippen LogP contribution < -0.4 is 9.47 Å². The zero-order valence-electron chi connectivity index (χ0n) is 20.2. The van der Waals surface area contributed by atoms with Crippen molar-refractivity contribution < 1.29 is 28.6 Å². The number of Topliss-reactive ketones (excluding diaryl/α,β-unsaturated/α-hetero) is 1. The number of likely N-dealkylation sites (tertiary alicyclic amines) is 1. The topological polar surface area (TPSA) is 89.2 Å². The van der Waals surface area contributed by atoms with E-state index in [1.54, 1.807) is 60.7 Å². The highest BCUT2D eigenvalue weighted by Crippen LogP contribution is 2.41. The molecule has 4 aromatic rings. The minimum atomic E-state index is -0.820. The highest BCUT2D eigenvalue weighted by atomic mass is 16.5. The highest BCUT2D eigenvalue weighted by molar-refractivity contribution is 6.46. The number of ketones is 1. The minimum absolute atomic E-state index is 0.00256. The van der Waals surface area contributed by atoms with Gasteiger partial charge in [-0.2, -0.15) is 0 Å². The van der Waals surface area contributed by atoms with Gasteiger partial charge in [0, 0.05) is 5.56 Å². The molecule has 1 aliphatic rings. The molecule has 1 N–H and O–H groups in total. The predicted molar refractivity (Wildman–Crippen MR) is 137 cm³/mol. The van der Waals surface area contributed by atoms with E-state index in [-0.39, 0.29) is 17.9 Å². The maximum absolute atomic E-state index is 13.2. The summed E-state index contributed by atoms with van der Waals surface area (Å²) >= 11 is 0. The molecule has 1 amide bonds. The van der Waals surface area contributed by atoms with Crippen molar-refractivity contribution in [2.24, 2.45) is 0 Å². The van der Waals surface area contributed by atoms with Crippen molar-refractivity contribution in [2.45, 2.75) is 19.2 Å². The number of aliphatic hydroxyl groups is 1. The van der Waals surface area contributed by atoms with E-state index in [1.165, 1.54) is 18.3 Å². The molecule has 1 unspecified atom stereocenters. The average molecular weight is 496 g/mol. The van der Waals surface area contributed by atoms with Crippen molar-refractivity contribution in [3.8, 4) is 11.5 Å². The van der Waals surface area contributed by atoms with Crippen LogP contribution in [0.2, 0.25) is 0 Å². The maximum Gasteiger partial charge on any atom is 0.296 e. The normalized spacial score (nSPS) is 16.7. The molecule has 1 fully saturated rings. The number of amides is 1. The number of ether oxygens (including phenoxy) is 2. The molecule has 0 spiro atoms. The lowest BCUT2D eigenvalue weighted by Crippen LogP contribution is -2.29. The van der Waals surface area contributed by atoms with E-state index in [0.717, 1.165) is 5.56 Å². The number of methoxy groups -OCH3 is 1. The fraction of sp³-hybridized carbons (Fsp3) is 0.133. The second-order valence-corrected chi connectivity index (χ2v) is 8.58. The Bertz CT molecular complexity index is 1420. The second-order valence-electron chi connectivity index (χ2n) is 8.58. The highest BCUT2D eigenvalue weighted by Gasteiger charge is 2.46. The summed E-state index contributed by atoms with van der Waals surface area (Å²) in [6.45, 7) is 0.483. The van der Waals surface area contributed by atoms with Crippen LogP contribution >= 0.6 is 0 Å². The zero-order valence-corrected chi connectivity index (χ0v) is 20.2. The van der Waals surface area contributed by atoms with Gasteiger partial charge in [-0.05, 0) is 47.5 Å². The smallest absolute Gasteiger partial charge is 0.296 e. The molecule has 1 atom stereocenters. The molecule has 186 valence electrons. The summed E-state index contributed by atoms with van der Waals surface area (Å²) in [6, 6.07) is 26.3. The fourth-order valence-electron chi connectivity index (χ4n) is 4.37. The summed E-state index contributed by atoms with van der Waals surface area (Å²) in [7, 11) is 1.52. The third-order valence-corrected chi connectivity index (χ3v) is 6.23. The van der Waals surface area contributed by atoms with E-state index in [0.29, 0.717) is 35.0 Å². The number of carbonyl (C=O) groups is 2. The monoisotopic (exact) mass is 495 g/mol. The SMILES string of the molecule is COc1cccc(C(O)=C2C(=O)C(=O)N(Cc3ccco3)C2c2ccc(OCc3ccccc3)cc2)c1. The van der Waals surface area contributed by atoms with Crippen LogP contribution in [0.5, 0.6) is 11.5 Å². The Morgan fingerprint density at radius 1 is 0.919 bits per heavy atom. The van der Waals surface area contributed by atoms with Crippen LogP contribution in [0.1, 0.15) is 28.5 Å². The average Bonchev–Trinajstić information content (AvgIpc) is 3.55. The number of hydrogen-bond acceptors (Lipinski definition) is 6. The summed E-state index contributed by atoms with van der Waals surface area (Å²) in [5.74, 6) is -0.0602. The van der Waals surface area contributed by atoms with Crippen molar-refractivity contribution in [2.75, 3.05) is 7.11 Å². The standard InChI is InChI=1S/C30H25NO6/c1-35-24-10-5-9-22(17-24)28(32)26-27(31(30(34)29(26)33)18-25-11-6-16-36-25)21-12-14-23(15-13-21)37-19-20-7-3-2-4-8-20/h2-17,27,32H,18-19H2,1H3. The fourth-order valence-corrected chi connectivity index (χ4v) is 4.37. The molecule has 7 nitrogen and oxygen atoms in total. The lowest BCUT2D eigenvalue weighted by Gasteiger charge is -2.24. The summed E-state index contributed by atoms with van der Waals surface area (Å²) in [5, 5.41) is 11.2. The molecular formula is C30H25NO6. The first-order chi connectivity index (χ1) is 18.0. The third-order valence-electron chi connectivity index (χ3n) is 6.23. The maximum atomic E-state index is 13.2. The molecule has 1 aliphatic heterocycles. The van der Waals surface area contributed by atoms with Gasteiger partial charge in [-0.1, -0.05) is 54.6 Å². The van der Waals surface area contributed by atoms with E-state index in [9.17, 15) is 14.7 Å². The first kappa shape index (κ1) is 23.9. The lowest BCUT2D eigenvalue weighted by molar-refractivity contribution is -0.140. The van der Waals surface area contributed by atoms with Gasteiger partial charge in [-0.25, -0.2) is 0 Å². The van der Waals surface area contributed by atoms with Crippen molar-refractivity contribution in [3.63, 3.8) is 0 Å². The van der Waals surface area contributed by atoms with Gasteiger partial charge in [-0.15, -0.1) is 0 Å². The van der Waals surface area contributed by atoms with Gasteiger partial charge < -0.3 is 23.9 Å². The van der Waals surface area contributed by atoms with E-state index < -0.39 is 17.7 Å². The van der Waals surface area contributed by atoms with Gasteiger partial charge >= 0.3 is 0 Å². The van der Waals surface area contributed by atoms with Gasteiger partial charge in [0.25, 0.3) is 11.7 Å². The second kappa shape index (κ2) is 10.5. The minimum Gasteiger partial charge on any atom is -0.507 e. The van der Waals surface area contributed by atoms with Crippen LogP contribution in [0.3, 0.4) is 0 Å². The molecule has 5 rings (SSSR count). The number of nitrogens with zero attached hydrogens (tertiary/aromatic N) is 1. The zero-order chi connectivity index (χ0) is 25.8. The Kier molecular flexibility index (Phi) is 6.76. The molecule has 2 heterocycles. The number of aliphatic hydroxyl groups excluding tert-OH is 1. The molecular weight excluding hydrogens is 470 g/mol. The Morgan fingerprint density at radius 2 is 1.70 bits per heavy atom. The quantitative estimate of drug-likeness (QED) is 0.198. The number of carbonyl (C=O) groups excluding carboxylic acids is 2. The van der Waals surface area contributed by atoms with Crippen molar-refractivity contribution in [3.05, 3.63) is 125 Å². The number of hydrogen-bond donors (Lipinski definition) is 1. The molecule has 3 aromatic carbocycles. The first-order valence-electron chi connectivity index (χ1n) is 11.8. The molecule has 0 aliphatic carbocycles. The number of rotatable bonds is 8. The van der Waals surface area contributed by atoms with E-state index in [2.05, 4.69) is 0 Å². The van der Waals surface area contributed by atoms with Crippen LogP contribution in [0.15, 0.2) is 107 Å². The van der Waals surface area contributed by atoms with Gasteiger partial charge in [0.05, 0.1) is 31.5 Å². The lowest BCUT2D eigenvalue weighted by atomic mass is 9.95. The Balaban J connectivity index is 1.51. The van der Waals surface area contributed by atoms with Crippen LogP contribution in [0.25, 0.3) is 5.76 Å². The third kappa shape index (κ3) is 4.97. The summed E-state index contributed by atoms with van der Waals surface area (Å²) in [5.41, 5.74) is 2.07. The van der Waals surface area contributed by atoms with E-state index >= 15 is 0 Å². The number of furan rings is 1. The van der Waals surface area contributed by atoms with Crippen LogP contribution in [0.4, 0.5) is 0 Å². The van der Waals surface area contributed by atoms with Gasteiger partial charge in [0.15, 0.2) is 0 Å². The van der Waals surface area contributed by atoms with Crippen LogP contribution in [0, 0.1) is 0 Å². The van der Waals surface area contributed by atoms with Gasteiger partial charge in [-0.3, -0.25) is 9.59 Å². The summed E-state index contributed by atoms with van der Waals surface area (Å²) in [6.07, 6.45) is 1.51. The molecule has 1 saturated heterocycles. The van der Waals surface area contributed by atoms with Gasteiger partial charge in [0.2, 0.25) is 0 Å². The van der Waals surface area contributed by atoms with Crippen molar-refractivity contribution in [1.29, 1.82) is 0 Å². The molecule has 0 saturated carbocycles. The van der Waals surface area contributed by atoms with E-state index in [1.807, 2.05) is 30.3 Å². The molecule has 0 radical (unpaired) electrons. The summed E-state index contributed by atoms with van der Waals surface area (Å²) < 4.78 is 16.6. The van der Waals surface area contributed by atoms with Crippen LogP contribution in [-0.4, -0.2) is 28.8 Å². The molecule has 1 aromatic heterocycles. The van der Waals surface area contributed by atoms with Gasteiger partial charge in [0.1, 0.15) is 29.6 Å². The molecule has 37 heavy (non-hydrogen) atoms. The largest absolute Gasteiger partial charge is 0.507 e.